The van der Waals surface area contributed by atoms with Gasteiger partial charge in [-0.25, -0.2) is 0 Å². The van der Waals surface area contributed by atoms with E-state index in [1.807, 2.05) is 36.9 Å². The van der Waals surface area contributed by atoms with Gasteiger partial charge in [0, 0.05) is 24.8 Å². The van der Waals surface area contributed by atoms with Gasteiger partial charge in [-0.1, -0.05) is 71.1 Å². The Morgan fingerprint density at radius 3 is 1.57 bits per heavy atom. The van der Waals surface area contributed by atoms with Gasteiger partial charge in [-0.15, -0.1) is 0 Å². The van der Waals surface area contributed by atoms with Crippen LogP contribution in [0.5, 0.6) is 0 Å². The first kappa shape index (κ1) is 31.5. The zero-order chi connectivity index (χ0) is 29.4. The van der Waals surface area contributed by atoms with Gasteiger partial charge < -0.3 is 0 Å². The zero-order valence-corrected chi connectivity index (χ0v) is 26.2. The van der Waals surface area contributed by atoms with E-state index in [0.717, 1.165) is 29.2 Å². The zero-order valence-electron chi connectivity index (χ0n) is 26.2. The van der Waals surface area contributed by atoms with Crippen molar-refractivity contribution in [1.82, 2.24) is 19.9 Å². The molecule has 1 atom stereocenters. The van der Waals surface area contributed by atoms with Crippen LogP contribution in [0.1, 0.15) is 119 Å². The summed E-state index contributed by atoms with van der Waals surface area (Å²) in [5, 5.41) is 0. The first-order chi connectivity index (χ1) is 20.6. The Bertz CT molecular complexity index is 1350. The Kier molecular flexibility index (Phi) is 13.2. The summed E-state index contributed by atoms with van der Waals surface area (Å²) in [4.78, 5) is 18.2. The van der Waals surface area contributed by atoms with E-state index in [9.17, 15) is 0 Å². The van der Waals surface area contributed by atoms with E-state index >= 15 is 0 Å². The van der Waals surface area contributed by atoms with Gasteiger partial charge in [-0.05, 0) is 116 Å². The number of aryl methyl sites for hydroxylation is 3. The third-order valence-corrected chi connectivity index (χ3v) is 8.36. The third-order valence-electron chi connectivity index (χ3n) is 8.36. The van der Waals surface area contributed by atoms with Gasteiger partial charge in [-0.2, -0.15) is 0 Å². The lowest BCUT2D eigenvalue weighted by atomic mass is 9.88. The van der Waals surface area contributed by atoms with E-state index in [-0.39, 0.29) is 0 Å². The second-order valence-corrected chi connectivity index (χ2v) is 12.0. The Morgan fingerprint density at radius 2 is 0.976 bits per heavy atom. The topological polar surface area (TPSA) is 51.6 Å². The minimum absolute atomic E-state index is 0.626. The molecule has 0 spiro atoms. The minimum atomic E-state index is 0.626. The first-order valence-electron chi connectivity index (χ1n) is 16.4. The average molecular weight is 563 g/mol. The molecule has 4 heterocycles. The molecule has 4 rings (SSSR count). The van der Waals surface area contributed by atoms with Crippen LogP contribution >= 0.6 is 0 Å². The van der Waals surface area contributed by atoms with Crippen molar-refractivity contribution < 1.29 is 0 Å². The number of nitrogens with zero attached hydrogens (tertiary/aromatic N) is 4. The molecule has 1 unspecified atom stereocenters. The second-order valence-electron chi connectivity index (χ2n) is 12.0. The molecular weight excluding hydrogens is 512 g/mol. The van der Waals surface area contributed by atoms with E-state index in [1.54, 1.807) is 0 Å². The van der Waals surface area contributed by atoms with Crippen molar-refractivity contribution in [2.75, 3.05) is 0 Å². The van der Waals surface area contributed by atoms with Gasteiger partial charge >= 0.3 is 0 Å². The summed E-state index contributed by atoms with van der Waals surface area (Å²) in [6.07, 6.45) is 25.9. The van der Waals surface area contributed by atoms with E-state index in [1.165, 1.54) is 106 Å². The Morgan fingerprint density at radius 1 is 0.500 bits per heavy atom. The second kappa shape index (κ2) is 17.5. The van der Waals surface area contributed by atoms with Crippen LogP contribution in [0.3, 0.4) is 0 Å². The number of hydrogen-bond donors (Lipinski definition) is 0. The van der Waals surface area contributed by atoms with Crippen molar-refractivity contribution in [2.45, 2.75) is 117 Å². The highest BCUT2D eigenvalue weighted by Gasteiger charge is 2.13. The maximum atomic E-state index is 4.64. The van der Waals surface area contributed by atoms with E-state index in [2.05, 4.69) is 77.1 Å². The molecule has 0 radical (unpaired) electrons. The summed E-state index contributed by atoms with van der Waals surface area (Å²) < 4.78 is 0. The van der Waals surface area contributed by atoms with Crippen molar-refractivity contribution in [3.63, 3.8) is 0 Å². The van der Waals surface area contributed by atoms with Crippen molar-refractivity contribution in [3.8, 4) is 22.8 Å². The highest BCUT2D eigenvalue weighted by molar-refractivity contribution is 5.56. The summed E-state index contributed by atoms with van der Waals surface area (Å²) >= 11 is 0. The molecule has 0 aliphatic carbocycles. The van der Waals surface area contributed by atoms with E-state index < -0.39 is 0 Å². The first-order valence-corrected chi connectivity index (χ1v) is 16.4. The predicted molar refractivity (Wildman–Crippen MR) is 177 cm³/mol. The lowest BCUT2D eigenvalue weighted by molar-refractivity contribution is 0.496. The number of aromatic nitrogens is 4. The Balaban J connectivity index is 1.10. The van der Waals surface area contributed by atoms with E-state index in [4.69, 9.17) is 0 Å². The monoisotopic (exact) mass is 562 g/mol. The van der Waals surface area contributed by atoms with Crippen LogP contribution in [0.25, 0.3) is 22.8 Å². The molecule has 0 saturated carbocycles. The normalized spacial score (nSPS) is 12.0. The van der Waals surface area contributed by atoms with Crippen molar-refractivity contribution in [3.05, 3.63) is 95.6 Å². The number of hydrogen-bond acceptors (Lipinski definition) is 4. The van der Waals surface area contributed by atoms with Crippen LogP contribution in [0.4, 0.5) is 0 Å². The van der Waals surface area contributed by atoms with Crippen LogP contribution < -0.4 is 0 Å². The highest BCUT2D eigenvalue weighted by atomic mass is 14.8. The summed E-state index contributed by atoms with van der Waals surface area (Å²) in [5.41, 5.74) is 9.19. The smallest absolute Gasteiger partial charge is 0.0889 e. The Hall–Kier alpha value is -3.40. The summed E-state index contributed by atoms with van der Waals surface area (Å²) in [6, 6.07) is 17.2. The molecule has 0 N–H and O–H groups in total. The Labute approximate surface area is 254 Å². The van der Waals surface area contributed by atoms with Crippen LogP contribution in [0.2, 0.25) is 0 Å². The minimum Gasteiger partial charge on any atom is -0.255 e. The molecule has 0 amide bonds. The lowest BCUT2D eigenvalue weighted by Crippen LogP contribution is -2.01. The fourth-order valence-corrected chi connectivity index (χ4v) is 5.85. The third kappa shape index (κ3) is 10.5. The van der Waals surface area contributed by atoms with E-state index in [0.29, 0.717) is 5.92 Å². The lowest BCUT2D eigenvalue weighted by Gasteiger charge is -2.18. The molecule has 4 aromatic rings. The average Bonchev–Trinajstić information content (AvgIpc) is 3.01. The molecule has 0 aliphatic heterocycles. The maximum absolute atomic E-state index is 4.64. The van der Waals surface area contributed by atoms with Gasteiger partial charge in [0.1, 0.15) is 0 Å². The molecule has 222 valence electrons. The molecule has 4 aromatic heterocycles. The van der Waals surface area contributed by atoms with Gasteiger partial charge in [0.2, 0.25) is 0 Å². The molecule has 0 aromatic carbocycles. The standard InChI is InChI=1S/C38H50N4/c1-4-5-16-33(34-21-25-42-38(29-34)36-27-31(3)19-23-40-36)17-14-12-10-8-6-7-9-11-13-15-32-20-24-41-37(28-32)35-26-30(2)18-22-39-35/h18-29,33H,4-17H2,1-3H3. The molecule has 0 fully saturated rings. The molecular formula is C38H50N4. The number of pyridine rings is 4. The van der Waals surface area contributed by atoms with Gasteiger partial charge in [-0.3, -0.25) is 19.9 Å². The van der Waals surface area contributed by atoms with Crippen LogP contribution in [0.15, 0.2) is 73.3 Å². The number of unbranched alkanes of at least 4 members (excludes halogenated alkanes) is 9. The quantitative estimate of drug-likeness (QED) is 0.113. The van der Waals surface area contributed by atoms with Crippen LogP contribution in [-0.4, -0.2) is 19.9 Å². The van der Waals surface area contributed by atoms with Crippen LogP contribution in [-0.2, 0) is 6.42 Å². The van der Waals surface area contributed by atoms with Gasteiger partial charge in [0.05, 0.1) is 22.8 Å². The molecule has 4 nitrogen and oxygen atoms in total. The van der Waals surface area contributed by atoms with Crippen molar-refractivity contribution in [1.29, 1.82) is 0 Å². The van der Waals surface area contributed by atoms with Gasteiger partial charge in [0.15, 0.2) is 0 Å². The molecule has 0 bridgehead atoms. The molecule has 0 aliphatic rings. The molecule has 0 saturated heterocycles. The highest BCUT2D eigenvalue weighted by Crippen LogP contribution is 2.30. The SMILES string of the molecule is CCCCC(CCCCCCCCCCCc1ccnc(-c2cc(C)ccn2)c1)c1ccnc(-c2cc(C)ccn2)c1. The predicted octanol–water partition coefficient (Wildman–Crippen LogP) is 10.6. The molecule has 4 heteroatoms. The van der Waals surface area contributed by atoms with Crippen molar-refractivity contribution >= 4 is 0 Å². The number of rotatable bonds is 18. The fraction of sp³-hybridized carbons (Fsp3) is 0.474. The largest absolute Gasteiger partial charge is 0.255 e. The van der Waals surface area contributed by atoms with Gasteiger partial charge in [0.25, 0.3) is 0 Å². The van der Waals surface area contributed by atoms with Crippen LogP contribution in [0, 0.1) is 13.8 Å². The summed E-state index contributed by atoms with van der Waals surface area (Å²) in [6.45, 7) is 6.51. The summed E-state index contributed by atoms with van der Waals surface area (Å²) in [7, 11) is 0. The van der Waals surface area contributed by atoms with Crippen molar-refractivity contribution in [2.24, 2.45) is 0 Å². The maximum Gasteiger partial charge on any atom is 0.0889 e. The summed E-state index contributed by atoms with van der Waals surface area (Å²) in [5.74, 6) is 0.626. The molecule has 42 heavy (non-hydrogen) atoms. The fourth-order valence-electron chi connectivity index (χ4n) is 5.85.